The van der Waals surface area contributed by atoms with E-state index >= 15 is 0 Å². The molecule has 0 bridgehead atoms. The lowest BCUT2D eigenvalue weighted by atomic mass is 10.2. The molecule has 1 N–H and O–H groups in total. The molecule has 0 radical (unpaired) electrons. The Kier molecular flexibility index (Phi) is 6.11. The molecule has 1 aromatic carbocycles. The van der Waals surface area contributed by atoms with E-state index in [1.807, 2.05) is 0 Å². The van der Waals surface area contributed by atoms with Gasteiger partial charge in [-0.15, -0.1) is 0 Å². The Morgan fingerprint density at radius 3 is 2.29 bits per heavy atom. The molecule has 1 heterocycles. The third-order valence-corrected chi connectivity index (χ3v) is 3.85. The van der Waals surface area contributed by atoms with Crippen LogP contribution in [0.25, 0.3) is 0 Å². The van der Waals surface area contributed by atoms with Crippen molar-refractivity contribution in [3.63, 3.8) is 0 Å². The number of anilines is 1. The average Bonchev–Trinajstić information content (AvgIpc) is 2.87. The van der Waals surface area contributed by atoms with Gasteiger partial charge in [0.2, 0.25) is 0 Å². The van der Waals surface area contributed by atoms with Crippen molar-refractivity contribution in [2.45, 2.75) is 6.42 Å². The SMILES string of the molecule is COC(=O)N1CCCN(C(=O)Nc2ccc(OC)c(OC)c2)CC1. The summed E-state index contributed by atoms with van der Waals surface area (Å²) in [4.78, 5) is 27.3. The molecule has 8 nitrogen and oxygen atoms in total. The summed E-state index contributed by atoms with van der Waals surface area (Å²) in [5.41, 5.74) is 0.617. The lowest BCUT2D eigenvalue weighted by Gasteiger charge is -2.22. The van der Waals surface area contributed by atoms with Crippen molar-refractivity contribution in [2.24, 2.45) is 0 Å². The molecular weight excluding hydrogens is 314 g/mol. The van der Waals surface area contributed by atoms with Crippen LogP contribution in [0.5, 0.6) is 11.5 Å². The second kappa shape index (κ2) is 8.28. The molecule has 0 spiro atoms. The summed E-state index contributed by atoms with van der Waals surface area (Å²) >= 11 is 0. The van der Waals surface area contributed by atoms with Crippen LogP contribution in [0.3, 0.4) is 0 Å². The van der Waals surface area contributed by atoms with Gasteiger partial charge in [-0.3, -0.25) is 0 Å². The minimum absolute atomic E-state index is 0.214. The molecule has 1 aliphatic rings. The highest BCUT2D eigenvalue weighted by Gasteiger charge is 2.22. The first-order valence-electron chi connectivity index (χ1n) is 7.70. The fraction of sp³-hybridized carbons (Fsp3) is 0.500. The molecule has 24 heavy (non-hydrogen) atoms. The van der Waals surface area contributed by atoms with Crippen LogP contribution in [0.15, 0.2) is 18.2 Å². The number of nitrogens with one attached hydrogen (secondary N) is 1. The molecule has 2 rings (SSSR count). The van der Waals surface area contributed by atoms with E-state index in [1.165, 1.54) is 7.11 Å². The summed E-state index contributed by atoms with van der Waals surface area (Å²) in [7, 11) is 4.45. The predicted molar refractivity (Wildman–Crippen MR) is 88.7 cm³/mol. The van der Waals surface area contributed by atoms with Crippen molar-refractivity contribution in [2.75, 3.05) is 52.8 Å². The van der Waals surface area contributed by atoms with Crippen LogP contribution in [0.4, 0.5) is 15.3 Å². The first kappa shape index (κ1) is 17.7. The monoisotopic (exact) mass is 337 g/mol. The molecule has 0 aliphatic carbocycles. The van der Waals surface area contributed by atoms with E-state index in [0.717, 1.165) is 0 Å². The van der Waals surface area contributed by atoms with Crippen LogP contribution < -0.4 is 14.8 Å². The molecule has 1 aromatic rings. The molecule has 8 heteroatoms. The minimum Gasteiger partial charge on any atom is -0.493 e. The van der Waals surface area contributed by atoms with E-state index in [-0.39, 0.29) is 12.1 Å². The van der Waals surface area contributed by atoms with E-state index in [1.54, 1.807) is 42.2 Å². The Hall–Kier alpha value is -2.64. The molecule has 1 fully saturated rings. The molecule has 1 aliphatic heterocycles. The quantitative estimate of drug-likeness (QED) is 0.912. The number of hydrogen-bond acceptors (Lipinski definition) is 5. The van der Waals surface area contributed by atoms with Gasteiger partial charge in [-0.1, -0.05) is 0 Å². The summed E-state index contributed by atoms with van der Waals surface area (Å²) in [6.45, 7) is 2.06. The van der Waals surface area contributed by atoms with Crippen LogP contribution in [-0.4, -0.2) is 69.4 Å². The maximum atomic E-state index is 12.4. The molecule has 1 saturated heterocycles. The van der Waals surface area contributed by atoms with E-state index in [2.05, 4.69) is 5.32 Å². The summed E-state index contributed by atoms with van der Waals surface area (Å²) < 4.78 is 15.1. The number of carbonyl (C=O) groups excluding carboxylic acids is 2. The van der Waals surface area contributed by atoms with E-state index in [9.17, 15) is 9.59 Å². The minimum atomic E-state index is -0.364. The first-order valence-corrected chi connectivity index (χ1v) is 7.70. The highest BCUT2D eigenvalue weighted by Crippen LogP contribution is 2.29. The Labute approximate surface area is 141 Å². The van der Waals surface area contributed by atoms with Crippen molar-refractivity contribution in [3.8, 4) is 11.5 Å². The van der Waals surface area contributed by atoms with Gasteiger partial charge in [-0.05, 0) is 18.6 Å². The highest BCUT2D eigenvalue weighted by atomic mass is 16.5. The maximum absolute atomic E-state index is 12.4. The number of benzene rings is 1. The molecule has 0 saturated carbocycles. The van der Waals surface area contributed by atoms with Gasteiger partial charge < -0.3 is 29.3 Å². The maximum Gasteiger partial charge on any atom is 0.409 e. The lowest BCUT2D eigenvalue weighted by Crippen LogP contribution is -2.39. The third kappa shape index (κ3) is 4.21. The standard InChI is InChI=1S/C16H23N3O5/c1-22-13-6-5-12(11-14(13)23-2)17-15(20)18-7-4-8-19(10-9-18)16(21)24-3/h5-6,11H,4,7-10H2,1-3H3,(H,17,20). The largest absolute Gasteiger partial charge is 0.493 e. The Morgan fingerprint density at radius 2 is 1.62 bits per heavy atom. The predicted octanol–water partition coefficient (Wildman–Crippen LogP) is 2.01. The van der Waals surface area contributed by atoms with Gasteiger partial charge in [0, 0.05) is 37.9 Å². The number of carbonyl (C=O) groups is 2. The average molecular weight is 337 g/mol. The van der Waals surface area contributed by atoms with E-state index in [0.29, 0.717) is 49.8 Å². The zero-order valence-electron chi connectivity index (χ0n) is 14.2. The fourth-order valence-corrected chi connectivity index (χ4v) is 2.55. The highest BCUT2D eigenvalue weighted by molar-refractivity contribution is 5.89. The van der Waals surface area contributed by atoms with Crippen molar-refractivity contribution >= 4 is 17.8 Å². The van der Waals surface area contributed by atoms with Gasteiger partial charge in [0.05, 0.1) is 21.3 Å². The number of amides is 3. The number of urea groups is 1. The fourth-order valence-electron chi connectivity index (χ4n) is 2.55. The van der Waals surface area contributed by atoms with Crippen molar-refractivity contribution in [1.82, 2.24) is 9.80 Å². The van der Waals surface area contributed by atoms with Crippen molar-refractivity contribution in [1.29, 1.82) is 0 Å². The zero-order valence-corrected chi connectivity index (χ0v) is 14.2. The van der Waals surface area contributed by atoms with Crippen molar-refractivity contribution in [3.05, 3.63) is 18.2 Å². The summed E-state index contributed by atoms with van der Waals surface area (Å²) in [5.74, 6) is 1.14. The lowest BCUT2D eigenvalue weighted by molar-refractivity contribution is 0.125. The Morgan fingerprint density at radius 1 is 0.958 bits per heavy atom. The molecule has 3 amide bonds. The number of nitrogens with zero attached hydrogens (tertiary/aromatic N) is 2. The summed E-state index contributed by atoms with van der Waals surface area (Å²) in [5, 5.41) is 2.84. The van der Waals surface area contributed by atoms with Gasteiger partial charge in [-0.25, -0.2) is 9.59 Å². The Balaban J connectivity index is 1.98. The van der Waals surface area contributed by atoms with Crippen LogP contribution in [0.2, 0.25) is 0 Å². The zero-order chi connectivity index (χ0) is 17.5. The van der Waals surface area contributed by atoms with Gasteiger partial charge in [0.15, 0.2) is 11.5 Å². The third-order valence-electron chi connectivity index (χ3n) is 3.85. The molecular formula is C16H23N3O5. The van der Waals surface area contributed by atoms with Gasteiger partial charge in [0.1, 0.15) is 0 Å². The van der Waals surface area contributed by atoms with Crippen LogP contribution in [0.1, 0.15) is 6.42 Å². The number of ether oxygens (including phenoxy) is 3. The second-order valence-corrected chi connectivity index (χ2v) is 5.30. The molecule has 132 valence electrons. The smallest absolute Gasteiger partial charge is 0.409 e. The van der Waals surface area contributed by atoms with E-state index < -0.39 is 0 Å². The Bertz CT molecular complexity index is 593. The summed E-state index contributed by atoms with van der Waals surface area (Å²) in [6, 6.07) is 4.97. The van der Waals surface area contributed by atoms with Crippen LogP contribution in [-0.2, 0) is 4.74 Å². The molecule has 0 atom stereocenters. The number of methoxy groups -OCH3 is 3. The normalized spacial score (nSPS) is 14.6. The second-order valence-electron chi connectivity index (χ2n) is 5.30. The molecule has 0 unspecified atom stereocenters. The van der Waals surface area contributed by atoms with E-state index in [4.69, 9.17) is 14.2 Å². The van der Waals surface area contributed by atoms with Gasteiger partial charge in [-0.2, -0.15) is 0 Å². The van der Waals surface area contributed by atoms with Crippen LogP contribution >= 0.6 is 0 Å². The van der Waals surface area contributed by atoms with Gasteiger partial charge in [0.25, 0.3) is 0 Å². The number of hydrogen-bond donors (Lipinski definition) is 1. The van der Waals surface area contributed by atoms with Gasteiger partial charge >= 0.3 is 12.1 Å². The van der Waals surface area contributed by atoms with Crippen molar-refractivity contribution < 1.29 is 23.8 Å². The van der Waals surface area contributed by atoms with Crippen LogP contribution in [0, 0.1) is 0 Å². The molecule has 0 aromatic heterocycles. The number of rotatable bonds is 3. The first-order chi connectivity index (χ1) is 11.6. The summed E-state index contributed by atoms with van der Waals surface area (Å²) in [6.07, 6.45) is 0.339. The topological polar surface area (TPSA) is 80.3 Å².